The fourth-order valence-corrected chi connectivity index (χ4v) is 1.52. The molecule has 0 saturated carbocycles. The fraction of sp³-hybridized carbons (Fsp3) is 0.0714. The zero-order chi connectivity index (χ0) is 12.8. The van der Waals surface area contributed by atoms with Crippen LogP contribution in [0.4, 0.5) is 11.4 Å². The molecule has 2 rings (SSSR count). The molecule has 18 heavy (non-hydrogen) atoms. The van der Waals surface area contributed by atoms with E-state index in [1.165, 1.54) is 0 Å². The minimum Gasteiger partial charge on any atom is -0.298 e. The Bertz CT molecular complexity index is 614. The Balaban J connectivity index is 2.32. The molecule has 0 unspecified atom stereocenters. The summed E-state index contributed by atoms with van der Waals surface area (Å²) >= 11 is 0. The predicted molar refractivity (Wildman–Crippen MR) is 69.3 cm³/mol. The highest BCUT2D eigenvalue weighted by atomic mass is 16.1. The van der Waals surface area contributed by atoms with E-state index in [-0.39, 0.29) is 0 Å². The average Bonchev–Trinajstić information content (AvgIpc) is 2.40. The van der Waals surface area contributed by atoms with Crippen LogP contribution in [0.15, 0.2) is 58.8 Å². The maximum Gasteiger partial charge on any atom is 0.228 e. The zero-order valence-electron chi connectivity index (χ0n) is 9.95. The lowest BCUT2D eigenvalue weighted by Gasteiger charge is -1.95. The summed E-state index contributed by atoms with van der Waals surface area (Å²) < 4.78 is 0. The summed E-state index contributed by atoms with van der Waals surface area (Å²) in [5.41, 5.74) is 2.68. The molecule has 0 atom stereocenters. The van der Waals surface area contributed by atoms with Crippen LogP contribution in [0.3, 0.4) is 0 Å². The minimum absolute atomic E-state index is 0.532. The average molecular weight is 238 g/mol. The molecular formula is C14H12N3O+. The molecule has 0 fully saturated rings. The molecular weight excluding hydrogens is 226 g/mol. The Kier molecular flexibility index (Phi) is 3.74. The van der Waals surface area contributed by atoms with Gasteiger partial charge in [-0.1, -0.05) is 30.3 Å². The van der Waals surface area contributed by atoms with E-state index < -0.39 is 0 Å². The van der Waals surface area contributed by atoms with Crippen molar-refractivity contribution in [2.45, 2.75) is 6.92 Å². The monoisotopic (exact) mass is 238 g/mol. The highest BCUT2D eigenvalue weighted by Crippen LogP contribution is 2.19. The molecule has 0 spiro atoms. The van der Waals surface area contributed by atoms with Crippen molar-refractivity contribution in [2.75, 3.05) is 0 Å². The molecule has 0 saturated heterocycles. The molecule has 0 aliphatic carbocycles. The number of benzene rings is 2. The lowest BCUT2D eigenvalue weighted by atomic mass is 10.1. The number of hydrogen-bond acceptors (Lipinski definition) is 3. The first kappa shape index (κ1) is 11.9. The third-order valence-electron chi connectivity index (χ3n) is 2.49. The number of nitrogens with zero attached hydrogens (tertiary/aromatic N) is 3. The van der Waals surface area contributed by atoms with Gasteiger partial charge in [0.2, 0.25) is 4.91 Å². The summed E-state index contributed by atoms with van der Waals surface area (Å²) in [6.07, 6.45) is 0.784. The second-order valence-corrected chi connectivity index (χ2v) is 3.75. The molecule has 0 N–H and O–H groups in total. The standard InChI is InChI=1S/C14H12N3O/c1-11-6-5-9-14(13(11)10-18)16-17-15-12-7-3-2-4-8-12/h2-10H,1H3/q+1. The van der Waals surface area contributed by atoms with Gasteiger partial charge >= 0.3 is 0 Å². The van der Waals surface area contributed by atoms with Crippen molar-refractivity contribution in [3.8, 4) is 0 Å². The molecule has 2 aromatic rings. The first-order chi connectivity index (χ1) is 8.81. The first-order valence-corrected chi connectivity index (χ1v) is 5.53. The molecule has 4 heteroatoms. The Morgan fingerprint density at radius 3 is 2.50 bits per heavy atom. The van der Waals surface area contributed by atoms with Gasteiger partial charge in [-0.25, -0.2) is 0 Å². The summed E-state index contributed by atoms with van der Waals surface area (Å²) in [7, 11) is 0. The minimum atomic E-state index is 0.532. The van der Waals surface area contributed by atoms with Gasteiger partial charge < -0.3 is 0 Å². The molecule has 0 aliphatic heterocycles. The zero-order valence-corrected chi connectivity index (χ0v) is 9.95. The van der Waals surface area contributed by atoms with E-state index in [1.807, 2.05) is 49.4 Å². The van der Waals surface area contributed by atoms with Crippen molar-refractivity contribution >= 4 is 17.7 Å². The molecule has 0 heterocycles. The van der Waals surface area contributed by atoms with Crippen molar-refractivity contribution in [1.29, 1.82) is 0 Å². The maximum atomic E-state index is 10.9. The number of rotatable bonds is 3. The maximum absolute atomic E-state index is 10.9. The number of carbonyl (C=O) groups excluding carboxylic acids is 1. The molecule has 2 aromatic carbocycles. The van der Waals surface area contributed by atoms with Gasteiger partial charge in [-0.05, 0) is 30.7 Å². The van der Waals surface area contributed by atoms with Crippen LogP contribution >= 0.6 is 0 Å². The van der Waals surface area contributed by atoms with E-state index in [2.05, 4.69) is 15.1 Å². The number of carbonyl (C=O) groups is 1. The number of hydrogen-bond donors (Lipinski definition) is 0. The topological polar surface area (TPSA) is 55.9 Å². The Morgan fingerprint density at radius 2 is 1.78 bits per heavy atom. The van der Waals surface area contributed by atoms with Gasteiger partial charge in [-0.3, -0.25) is 4.79 Å². The van der Waals surface area contributed by atoms with E-state index >= 15 is 0 Å². The largest absolute Gasteiger partial charge is 0.298 e. The Labute approximate surface area is 105 Å². The first-order valence-electron chi connectivity index (χ1n) is 5.53. The Hall–Kier alpha value is -2.58. The van der Waals surface area contributed by atoms with Crippen LogP contribution < -0.4 is 4.91 Å². The molecule has 0 radical (unpaired) electrons. The normalized spacial score (nSPS) is 9.39. The van der Waals surface area contributed by atoms with Crippen LogP contribution in [0.2, 0.25) is 0 Å². The number of aldehydes is 1. The molecule has 0 amide bonds. The van der Waals surface area contributed by atoms with Crippen LogP contribution in [0.5, 0.6) is 0 Å². The lowest BCUT2D eigenvalue weighted by molar-refractivity contribution is 0.112. The fourth-order valence-electron chi connectivity index (χ4n) is 1.52. The molecule has 0 aromatic heterocycles. The SMILES string of the molecule is Cc1cccc(N=[N+]=Nc2ccccc2)c1C=O. The van der Waals surface area contributed by atoms with Crippen molar-refractivity contribution in [3.63, 3.8) is 0 Å². The van der Waals surface area contributed by atoms with Gasteiger partial charge in [0, 0.05) is 0 Å². The second kappa shape index (κ2) is 5.66. The van der Waals surface area contributed by atoms with Crippen LogP contribution in [0, 0.1) is 6.92 Å². The smallest absolute Gasteiger partial charge is 0.228 e. The third-order valence-corrected chi connectivity index (χ3v) is 2.49. The molecule has 4 nitrogen and oxygen atoms in total. The third kappa shape index (κ3) is 2.75. The van der Waals surface area contributed by atoms with Crippen LogP contribution in [-0.2, 0) is 0 Å². The number of aryl methyl sites for hydroxylation is 1. The predicted octanol–water partition coefficient (Wildman–Crippen LogP) is 3.74. The second-order valence-electron chi connectivity index (χ2n) is 3.75. The van der Waals surface area contributed by atoms with Crippen LogP contribution in [-0.4, -0.2) is 6.29 Å². The van der Waals surface area contributed by atoms with Crippen molar-refractivity contribution in [1.82, 2.24) is 4.91 Å². The summed E-state index contributed by atoms with van der Waals surface area (Å²) in [6, 6.07) is 14.7. The molecule has 88 valence electrons. The molecule has 0 bridgehead atoms. The van der Waals surface area contributed by atoms with E-state index in [9.17, 15) is 4.79 Å². The summed E-state index contributed by atoms with van der Waals surface area (Å²) in [5, 5.41) is 7.91. The Morgan fingerprint density at radius 1 is 1.00 bits per heavy atom. The van der Waals surface area contributed by atoms with Gasteiger partial charge in [-0.15, -0.1) is 0 Å². The van der Waals surface area contributed by atoms with E-state index in [0.717, 1.165) is 17.5 Å². The highest BCUT2D eigenvalue weighted by Gasteiger charge is 2.07. The quantitative estimate of drug-likeness (QED) is 0.456. The summed E-state index contributed by atoms with van der Waals surface area (Å²) in [6.45, 7) is 1.86. The van der Waals surface area contributed by atoms with Crippen molar-refractivity contribution < 1.29 is 4.79 Å². The van der Waals surface area contributed by atoms with Crippen molar-refractivity contribution in [3.05, 3.63) is 59.7 Å². The van der Waals surface area contributed by atoms with Crippen LogP contribution in [0.1, 0.15) is 15.9 Å². The summed E-state index contributed by atoms with van der Waals surface area (Å²) in [4.78, 5) is 14.7. The highest BCUT2D eigenvalue weighted by molar-refractivity contribution is 5.84. The van der Waals surface area contributed by atoms with Gasteiger partial charge in [0.1, 0.15) is 0 Å². The molecule has 0 aliphatic rings. The summed E-state index contributed by atoms with van der Waals surface area (Å²) in [5.74, 6) is 0. The van der Waals surface area contributed by atoms with Gasteiger partial charge in [0.25, 0.3) is 0 Å². The van der Waals surface area contributed by atoms with Gasteiger partial charge in [0.05, 0.1) is 5.56 Å². The van der Waals surface area contributed by atoms with E-state index in [1.54, 1.807) is 6.07 Å². The van der Waals surface area contributed by atoms with Crippen LogP contribution in [0.25, 0.3) is 0 Å². The van der Waals surface area contributed by atoms with E-state index in [4.69, 9.17) is 0 Å². The lowest BCUT2D eigenvalue weighted by Crippen LogP contribution is -1.86. The van der Waals surface area contributed by atoms with E-state index in [0.29, 0.717) is 11.3 Å². The van der Waals surface area contributed by atoms with Crippen molar-refractivity contribution in [2.24, 2.45) is 10.2 Å². The van der Waals surface area contributed by atoms with Gasteiger partial charge in [-0.2, -0.15) is 0 Å². The van der Waals surface area contributed by atoms with Gasteiger partial charge in [0.15, 0.2) is 27.9 Å².